The highest BCUT2D eigenvalue weighted by Crippen LogP contribution is 2.32. The molecule has 0 aliphatic heterocycles. The first-order valence-corrected chi connectivity index (χ1v) is 7.28. The lowest BCUT2D eigenvalue weighted by atomic mass is 9.75. The van der Waals surface area contributed by atoms with Crippen LogP contribution in [0.25, 0.3) is 0 Å². The quantitative estimate of drug-likeness (QED) is 0.877. The molecule has 0 heterocycles. The van der Waals surface area contributed by atoms with Gasteiger partial charge in [-0.15, -0.1) is 0 Å². The molecule has 20 heavy (non-hydrogen) atoms. The molecule has 1 amide bonds. The zero-order valence-corrected chi connectivity index (χ0v) is 12.5. The average Bonchev–Trinajstić information content (AvgIpc) is 2.39. The van der Waals surface area contributed by atoms with Crippen LogP contribution in [-0.2, 0) is 4.79 Å². The summed E-state index contributed by atoms with van der Waals surface area (Å²) >= 11 is 5.80. The third-order valence-electron chi connectivity index (χ3n) is 3.79. The number of hydrogen-bond acceptors (Lipinski definition) is 3. The molecule has 1 aromatic carbocycles. The standard InChI is InChI=1S/C15H21ClN2O2/c1-18(14(19)11-15(17)7-2-8-15)9-10-20-13-5-3-12(16)4-6-13/h3-6H,2,7-11,17H2,1H3. The summed E-state index contributed by atoms with van der Waals surface area (Å²) in [7, 11) is 1.79. The van der Waals surface area contributed by atoms with Gasteiger partial charge < -0.3 is 15.4 Å². The first kappa shape index (κ1) is 15.1. The van der Waals surface area contributed by atoms with Gasteiger partial charge in [-0.3, -0.25) is 4.79 Å². The van der Waals surface area contributed by atoms with Crippen LogP contribution in [0.15, 0.2) is 24.3 Å². The van der Waals surface area contributed by atoms with E-state index in [2.05, 4.69) is 0 Å². The van der Waals surface area contributed by atoms with Crippen LogP contribution in [0.4, 0.5) is 0 Å². The third kappa shape index (κ3) is 4.12. The van der Waals surface area contributed by atoms with Crippen molar-refractivity contribution in [3.05, 3.63) is 29.3 Å². The van der Waals surface area contributed by atoms with E-state index < -0.39 is 0 Å². The maximum Gasteiger partial charge on any atom is 0.224 e. The van der Waals surface area contributed by atoms with Crippen LogP contribution in [0.1, 0.15) is 25.7 Å². The minimum atomic E-state index is -0.262. The number of hydrogen-bond donors (Lipinski definition) is 1. The Morgan fingerprint density at radius 3 is 2.60 bits per heavy atom. The molecule has 4 nitrogen and oxygen atoms in total. The second kappa shape index (κ2) is 6.46. The summed E-state index contributed by atoms with van der Waals surface area (Å²) in [6.07, 6.45) is 3.47. The van der Waals surface area contributed by atoms with Gasteiger partial charge in [-0.05, 0) is 43.5 Å². The summed E-state index contributed by atoms with van der Waals surface area (Å²) in [6.45, 7) is 1.01. The Balaban J connectivity index is 1.70. The van der Waals surface area contributed by atoms with Crippen LogP contribution in [0, 0.1) is 0 Å². The largest absolute Gasteiger partial charge is 0.492 e. The Morgan fingerprint density at radius 2 is 2.05 bits per heavy atom. The lowest BCUT2D eigenvalue weighted by molar-refractivity contribution is -0.132. The van der Waals surface area contributed by atoms with Gasteiger partial charge in [0.2, 0.25) is 5.91 Å². The maximum absolute atomic E-state index is 12.0. The summed E-state index contributed by atoms with van der Waals surface area (Å²) in [5.41, 5.74) is 5.82. The first-order chi connectivity index (χ1) is 9.48. The average molecular weight is 297 g/mol. The van der Waals surface area contributed by atoms with E-state index in [1.165, 1.54) is 0 Å². The highest BCUT2D eigenvalue weighted by Gasteiger charge is 2.35. The van der Waals surface area contributed by atoms with Gasteiger partial charge in [-0.25, -0.2) is 0 Å². The van der Waals surface area contributed by atoms with Crippen LogP contribution in [0.5, 0.6) is 5.75 Å². The van der Waals surface area contributed by atoms with Crippen molar-refractivity contribution in [3.63, 3.8) is 0 Å². The predicted molar refractivity (Wildman–Crippen MR) is 80.0 cm³/mol. The number of rotatable bonds is 6. The minimum Gasteiger partial charge on any atom is -0.492 e. The number of likely N-dealkylation sites (N-methyl/N-ethyl adjacent to an activating group) is 1. The zero-order chi connectivity index (χ0) is 14.6. The fourth-order valence-corrected chi connectivity index (χ4v) is 2.33. The van der Waals surface area contributed by atoms with Crippen molar-refractivity contribution in [2.75, 3.05) is 20.2 Å². The van der Waals surface area contributed by atoms with Gasteiger partial charge >= 0.3 is 0 Å². The smallest absolute Gasteiger partial charge is 0.224 e. The molecular weight excluding hydrogens is 276 g/mol. The Hall–Kier alpha value is -1.26. The molecule has 1 aliphatic carbocycles. The fourth-order valence-electron chi connectivity index (χ4n) is 2.20. The van der Waals surface area contributed by atoms with Crippen molar-refractivity contribution in [2.24, 2.45) is 5.73 Å². The van der Waals surface area contributed by atoms with E-state index in [1.807, 2.05) is 12.1 Å². The van der Waals surface area contributed by atoms with Crippen LogP contribution in [-0.4, -0.2) is 36.5 Å². The number of amides is 1. The lowest BCUT2D eigenvalue weighted by Gasteiger charge is -2.38. The van der Waals surface area contributed by atoms with Crippen molar-refractivity contribution in [3.8, 4) is 5.75 Å². The number of nitrogens with two attached hydrogens (primary N) is 1. The topological polar surface area (TPSA) is 55.6 Å². The number of ether oxygens (including phenoxy) is 1. The number of carbonyl (C=O) groups is 1. The van der Waals surface area contributed by atoms with E-state index >= 15 is 0 Å². The number of nitrogens with zero attached hydrogens (tertiary/aromatic N) is 1. The molecule has 1 aliphatic rings. The van der Waals surface area contributed by atoms with E-state index in [9.17, 15) is 4.79 Å². The first-order valence-electron chi connectivity index (χ1n) is 6.90. The summed E-state index contributed by atoms with van der Waals surface area (Å²) in [5.74, 6) is 0.844. The maximum atomic E-state index is 12.0. The van der Waals surface area contributed by atoms with Crippen molar-refractivity contribution in [1.82, 2.24) is 4.90 Å². The van der Waals surface area contributed by atoms with Crippen LogP contribution in [0.3, 0.4) is 0 Å². The summed E-state index contributed by atoms with van der Waals surface area (Å²) in [6, 6.07) is 7.18. The SMILES string of the molecule is CN(CCOc1ccc(Cl)cc1)C(=O)CC1(N)CCC1. The summed E-state index contributed by atoms with van der Waals surface area (Å²) in [4.78, 5) is 13.7. The van der Waals surface area contributed by atoms with Gasteiger partial charge in [-0.1, -0.05) is 11.6 Å². The molecule has 1 saturated carbocycles. The molecule has 0 atom stereocenters. The van der Waals surface area contributed by atoms with Crippen molar-refractivity contribution < 1.29 is 9.53 Å². The minimum absolute atomic E-state index is 0.0897. The monoisotopic (exact) mass is 296 g/mol. The Morgan fingerprint density at radius 1 is 1.40 bits per heavy atom. The van der Waals surface area contributed by atoms with Gasteiger partial charge in [0.15, 0.2) is 0 Å². The second-order valence-corrected chi connectivity index (χ2v) is 5.95. The van der Waals surface area contributed by atoms with Gasteiger partial charge in [0.05, 0.1) is 6.54 Å². The van der Waals surface area contributed by atoms with Crippen LogP contribution in [0.2, 0.25) is 5.02 Å². The number of halogens is 1. The van der Waals surface area contributed by atoms with Crippen LogP contribution < -0.4 is 10.5 Å². The predicted octanol–water partition coefficient (Wildman–Crippen LogP) is 2.45. The highest BCUT2D eigenvalue weighted by atomic mass is 35.5. The van der Waals surface area contributed by atoms with Gasteiger partial charge in [0, 0.05) is 24.0 Å². The van der Waals surface area contributed by atoms with Crippen LogP contribution >= 0.6 is 11.6 Å². The Kier molecular flexibility index (Phi) is 4.89. The van der Waals surface area contributed by atoms with E-state index in [0.29, 0.717) is 24.6 Å². The van der Waals surface area contributed by atoms with Crippen molar-refractivity contribution in [2.45, 2.75) is 31.2 Å². The third-order valence-corrected chi connectivity index (χ3v) is 4.04. The molecule has 2 rings (SSSR count). The Labute approximate surface area is 124 Å². The van der Waals surface area contributed by atoms with Crippen molar-refractivity contribution in [1.29, 1.82) is 0 Å². The molecule has 0 saturated heterocycles. The molecule has 2 N–H and O–H groups in total. The fraction of sp³-hybridized carbons (Fsp3) is 0.533. The summed E-state index contributed by atoms with van der Waals surface area (Å²) in [5, 5.41) is 0.679. The van der Waals surface area contributed by atoms with Gasteiger partial charge in [0.1, 0.15) is 12.4 Å². The summed E-state index contributed by atoms with van der Waals surface area (Å²) < 4.78 is 5.57. The lowest BCUT2D eigenvalue weighted by Crippen LogP contribution is -2.50. The molecule has 0 radical (unpaired) electrons. The van der Waals surface area contributed by atoms with E-state index in [1.54, 1.807) is 24.1 Å². The zero-order valence-electron chi connectivity index (χ0n) is 11.8. The molecule has 0 aromatic heterocycles. The van der Waals surface area contributed by atoms with E-state index in [4.69, 9.17) is 22.1 Å². The number of carbonyl (C=O) groups excluding carboxylic acids is 1. The highest BCUT2D eigenvalue weighted by molar-refractivity contribution is 6.30. The van der Waals surface area contributed by atoms with Crippen molar-refractivity contribution >= 4 is 17.5 Å². The molecule has 0 spiro atoms. The normalized spacial score (nSPS) is 16.4. The van der Waals surface area contributed by atoms with Gasteiger partial charge in [0.25, 0.3) is 0 Å². The van der Waals surface area contributed by atoms with E-state index in [0.717, 1.165) is 25.0 Å². The molecule has 1 fully saturated rings. The molecule has 5 heteroatoms. The van der Waals surface area contributed by atoms with Gasteiger partial charge in [-0.2, -0.15) is 0 Å². The Bertz CT molecular complexity index is 457. The molecule has 1 aromatic rings. The number of benzene rings is 1. The molecule has 110 valence electrons. The molecule has 0 unspecified atom stereocenters. The van der Waals surface area contributed by atoms with E-state index in [-0.39, 0.29) is 11.4 Å². The molecular formula is C15H21ClN2O2. The molecule has 0 bridgehead atoms. The second-order valence-electron chi connectivity index (χ2n) is 5.51.